The topological polar surface area (TPSA) is 96.2 Å². The number of para-hydroxylation sites is 1. The van der Waals surface area contributed by atoms with Gasteiger partial charge in [0.1, 0.15) is 35.5 Å². The van der Waals surface area contributed by atoms with Crippen LogP contribution >= 0.6 is 0 Å². The number of aromatic nitrogens is 5. The lowest BCUT2D eigenvalue weighted by Gasteiger charge is -2.13. The highest BCUT2D eigenvalue weighted by atomic mass is 19.1. The SMILES string of the molecule is COCCOc1cc(F)c(Cn2nc(-c3ncc(C4CC4)c(Nc4ccncc4OC)n3)c3ccccc32)c(F)c1. The lowest BCUT2D eigenvalue weighted by atomic mass is 10.1. The molecule has 0 radical (unpaired) electrons. The zero-order valence-electron chi connectivity index (χ0n) is 22.6. The van der Waals surface area contributed by atoms with Gasteiger partial charge in [0.25, 0.3) is 0 Å². The number of nitrogens with one attached hydrogen (secondary N) is 1. The first-order chi connectivity index (χ1) is 20.1. The Labute approximate surface area is 235 Å². The standard InChI is InChI=1S/C30H28F2N6O3/c1-39-11-12-41-19-13-23(31)22(24(32)14-19)17-38-26-6-4-3-5-20(26)28(37-38)30-34-15-21(18-7-8-18)29(36-30)35-25-9-10-33-16-27(25)40-2/h3-6,9-10,13-16,18H,7-8,11-12,17H2,1-2H3,(H,33,34,35,36). The molecule has 1 fully saturated rings. The molecule has 2 aromatic carbocycles. The van der Waals surface area contributed by atoms with Gasteiger partial charge in [0.2, 0.25) is 0 Å². The van der Waals surface area contributed by atoms with Crippen LogP contribution in [0, 0.1) is 11.6 Å². The molecule has 0 saturated heterocycles. The fourth-order valence-electron chi connectivity index (χ4n) is 4.69. The molecule has 1 aliphatic carbocycles. The van der Waals surface area contributed by atoms with E-state index < -0.39 is 11.6 Å². The molecule has 0 amide bonds. The summed E-state index contributed by atoms with van der Waals surface area (Å²) < 4.78 is 47.4. The Bertz CT molecular complexity index is 1680. The molecule has 6 rings (SSSR count). The summed E-state index contributed by atoms with van der Waals surface area (Å²) >= 11 is 0. The predicted octanol–water partition coefficient (Wildman–Crippen LogP) is 5.87. The smallest absolute Gasteiger partial charge is 0.182 e. The van der Waals surface area contributed by atoms with Gasteiger partial charge in [0.15, 0.2) is 11.6 Å². The van der Waals surface area contributed by atoms with E-state index in [0.717, 1.165) is 29.5 Å². The number of rotatable bonds is 11. The van der Waals surface area contributed by atoms with Gasteiger partial charge >= 0.3 is 0 Å². The summed E-state index contributed by atoms with van der Waals surface area (Å²) in [5.41, 5.74) is 2.81. The number of nitrogens with zero attached hydrogens (tertiary/aromatic N) is 5. The Morgan fingerprint density at radius 3 is 2.59 bits per heavy atom. The monoisotopic (exact) mass is 558 g/mol. The van der Waals surface area contributed by atoms with E-state index >= 15 is 8.78 Å². The van der Waals surface area contributed by atoms with Crippen molar-refractivity contribution in [1.82, 2.24) is 24.7 Å². The average Bonchev–Trinajstić information content (AvgIpc) is 3.76. The van der Waals surface area contributed by atoms with Gasteiger partial charge in [-0.05, 0) is 30.9 Å². The normalized spacial score (nSPS) is 13.0. The van der Waals surface area contributed by atoms with Crippen molar-refractivity contribution < 1.29 is 23.0 Å². The van der Waals surface area contributed by atoms with Crippen molar-refractivity contribution in [2.75, 3.05) is 32.8 Å². The van der Waals surface area contributed by atoms with E-state index in [1.54, 1.807) is 24.2 Å². The lowest BCUT2D eigenvalue weighted by Crippen LogP contribution is -2.09. The maximum atomic E-state index is 15.0. The third-order valence-electron chi connectivity index (χ3n) is 6.94. The van der Waals surface area contributed by atoms with Crippen LogP contribution in [-0.2, 0) is 11.3 Å². The first kappa shape index (κ1) is 26.6. The molecule has 9 nitrogen and oxygen atoms in total. The van der Waals surface area contributed by atoms with Crippen LogP contribution < -0.4 is 14.8 Å². The summed E-state index contributed by atoms with van der Waals surface area (Å²) in [7, 11) is 3.11. The summed E-state index contributed by atoms with van der Waals surface area (Å²) in [6, 6.07) is 11.6. The number of methoxy groups -OCH3 is 2. The van der Waals surface area contributed by atoms with Crippen LogP contribution in [0.3, 0.4) is 0 Å². The highest BCUT2D eigenvalue weighted by molar-refractivity contribution is 5.92. The summed E-state index contributed by atoms with van der Waals surface area (Å²) in [5, 5.41) is 8.89. The number of anilines is 2. The van der Waals surface area contributed by atoms with Crippen molar-refractivity contribution in [3.05, 3.63) is 83.8 Å². The Hall–Kier alpha value is -4.64. The van der Waals surface area contributed by atoms with Crippen LogP contribution in [0.4, 0.5) is 20.3 Å². The van der Waals surface area contributed by atoms with Gasteiger partial charge in [-0.3, -0.25) is 9.67 Å². The lowest BCUT2D eigenvalue weighted by molar-refractivity contribution is 0.146. The van der Waals surface area contributed by atoms with E-state index in [0.29, 0.717) is 41.1 Å². The van der Waals surface area contributed by atoms with Crippen LogP contribution in [0.25, 0.3) is 22.4 Å². The minimum Gasteiger partial charge on any atom is -0.493 e. The molecule has 210 valence electrons. The number of hydrogen-bond acceptors (Lipinski definition) is 8. The fraction of sp³-hybridized carbons (Fsp3) is 0.267. The third kappa shape index (κ3) is 5.53. The highest BCUT2D eigenvalue weighted by Gasteiger charge is 2.29. The number of benzene rings is 2. The van der Waals surface area contributed by atoms with Gasteiger partial charge in [0.05, 0.1) is 37.7 Å². The minimum absolute atomic E-state index is 0.0989. The van der Waals surface area contributed by atoms with Gasteiger partial charge in [-0.15, -0.1) is 0 Å². The highest BCUT2D eigenvalue weighted by Crippen LogP contribution is 2.44. The largest absolute Gasteiger partial charge is 0.493 e. The molecule has 0 spiro atoms. The van der Waals surface area contributed by atoms with Gasteiger partial charge in [-0.1, -0.05) is 18.2 Å². The molecule has 3 heterocycles. The molecular formula is C30H28F2N6O3. The Morgan fingerprint density at radius 2 is 1.83 bits per heavy atom. The van der Waals surface area contributed by atoms with E-state index in [1.165, 1.54) is 19.2 Å². The zero-order valence-corrected chi connectivity index (χ0v) is 22.6. The van der Waals surface area contributed by atoms with Gasteiger partial charge < -0.3 is 19.5 Å². The zero-order chi connectivity index (χ0) is 28.3. The van der Waals surface area contributed by atoms with Crippen LogP contribution in [0.1, 0.15) is 29.9 Å². The van der Waals surface area contributed by atoms with Crippen molar-refractivity contribution in [3.63, 3.8) is 0 Å². The van der Waals surface area contributed by atoms with Crippen LogP contribution in [0.5, 0.6) is 11.5 Å². The van der Waals surface area contributed by atoms with Crippen molar-refractivity contribution in [2.24, 2.45) is 0 Å². The number of fused-ring (bicyclic) bond motifs is 1. The molecule has 11 heteroatoms. The van der Waals surface area contributed by atoms with Gasteiger partial charge in [-0.2, -0.15) is 5.10 Å². The summed E-state index contributed by atoms with van der Waals surface area (Å²) in [5.74, 6) is 0.665. The van der Waals surface area contributed by atoms with E-state index in [9.17, 15) is 0 Å². The van der Waals surface area contributed by atoms with E-state index in [4.69, 9.17) is 24.3 Å². The molecule has 0 unspecified atom stereocenters. The second-order valence-corrected chi connectivity index (χ2v) is 9.70. The second kappa shape index (κ2) is 11.5. The van der Waals surface area contributed by atoms with Crippen molar-refractivity contribution in [3.8, 4) is 23.0 Å². The van der Waals surface area contributed by atoms with Crippen LogP contribution in [-0.4, -0.2) is 52.2 Å². The fourth-order valence-corrected chi connectivity index (χ4v) is 4.69. The van der Waals surface area contributed by atoms with Crippen molar-refractivity contribution >= 4 is 22.4 Å². The molecule has 0 bridgehead atoms. The average molecular weight is 559 g/mol. The van der Waals surface area contributed by atoms with E-state index in [2.05, 4.69) is 15.3 Å². The number of halogens is 2. The number of hydrogen-bond donors (Lipinski definition) is 1. The molecule has 3 aromatic heterocycles. The van der Waals surface area contributed by atoms with Crippen molar-refractivity contribution in [2.45, 2.75) is 25.3 Å². The molecule has 1 N–H and O–H groups in total. The molecule has 0 atom stereocenters. The minimum atomic E-state index is -0.721. The maximum absolute atomic E-state index is 15.0. The van der Waals surface area contributed by atoms with Gasteiger partial charge in [-0.25, -0.2) is 18.7 Å². The summed E-state index contributed by atoms with van der Waals surface area (Å²) in [6.07, 6.45) is 7.26. The molecule has 5 aromatic rings. The van der Waals surface area contributed by atoms with Gasteiger partial charge in [0, 0.05) is 48.1 Å². The first-order valence-corrected chi connectivity index (χ1v) is 13.2. The Balaban J connectivity index is 1.37. The van der Waals surface area contributed by atoms with Crippen LogP contribution in [0.2, 0.25) is 0 Å². The first-order valence-electron chi connectivity index (χ1n) is 13.2. The molecule has 1 saturated carbocycles. The summed E-state index contributed by atoms with van der Waals surface area (Å²) in [4.78, 5) is 13.7. The molecule has 41 heavy (non-hydrogen) atoms. The second-order valence-electron chi connectivity index (χ2n) is 9.70. The predicted molar refractivity (Wildman–Crippen MR) is 150 cm³/mol. The van der Waals surface area contributed by atoms with Crippen molar-refractivity contribution in [1.29, 1.82) is 0 Å². The maximum Gasteiger partial charge on any atom is 0.182 e. The quantitative estimate of drug-likeness (QED) is 0.201. The molecule has 1 aliphatic rings. The number of pyridine rings is 1. The molecular weight excluding hydrogens is 530 g/mol. The molecule has 0 aliphatic heterocycles. The number of ether oxygens (including phenoxy) is 3. The Morgan fingerprint density at radius 1 is 1.02 bits per heavy atom. The Kier molecular flexibility index (Phi) is 7.43. The summed E-state index contributed by atoms with van der Waals surface area (Å²) in [6.45, 7) is 0.367. The third-order valence-corrected chi connectivity index (χ3v) is 6.94. The van der Waals surface area contributed by atoms with Crippen LogP contribution in [0.15, 0.2) is 61.1 Å². The van der Waals surface area contributed by atoms with E-state index in [1.807, 2.05) is 36.5 Å². The van der Waals surface area contributed by atoms with E-state index in [-0.39, 0.29) is 24.5 Å².